The molecule has 29 heavy (non-hydrogen) atoms. The zero-order valence-corrected chi connectivity index (χ0v) is 16.9. The summed E-state index contributed by atoms with van der Waals surface area (Å²) in [6, 6.07) is 14.3. The Morgan fingerprint density at radius 2 is 1.83 bits per heavy atom. The van der Waals surface area contributed by atoms with E-state index in [1.54, 1.807) is 13.2 Å². The molecule has 2 N–H and O–H groups in total. The third-order valence-corrected chi connectivity index (χ3v) is 5.64. The second kappa shape index (κ2) is 8.97. The topological polar surface area (TPSA) is 91.2 Å². The van der Waals surface area contributed by atoms with E-state index in [4.69, 9.17) is 21.6 Å². The van der Waals surface area contributed by atoms with E-state index in [1.807, 2.05) is 30.3 Å². The lowest BCUT2D eigenvalue weighted by Gasteiger charge is -2.30. The molecule has 7 heteroatoms. The standard InChI is InChI=1S/C22H22ClN3O3/c1-29-18-8-5-16(6-9-18)22(10-2-3-11-22)14-25-20(27)21(28)26-19-12-17(23)7-4-15(19)13-24/h4-9,12H,2-3,10-11,14H2,1H3,(H,25,27)(H,26,28). The number of amides is 2. The maximum absolute atomic E-state index is 12.4. The van der Waals surface area contributed by atoms with Gasteiger partial charge in [-0.05, 0) is 48.7 Å². The second-order valence-corrected chi connectivity index (χ2v) is 7.59. The zero-order chi connectivity index (χ0) is 20.9. The molecule has 1 aliphatic carbocycles. The number of nitrogens with zero attached hydrogens (tertiary/aromatic N) is 1. The summed E-state index contributed by atoms with van der Waals surface area (Å²) in [5.74, 6) is -0.791. The fraction of sp³-hybridized carbons (Fsp3) is 0.318. The van der Waals surface area contributed by atoms with Gasteiger partial charge in [0.15, 0.2) is 0 Å². The Labute approximate surface area is 174 Å². The van der Waals surface area contributed by atoms with E-state index in [0.29, 0.717) is 11.6 Å². The van der Waals surface area contributed by atoms with Crippen LogP contribution >= 0.6 is 11.6 Å². The first-order valence-electron chi connectivity index (χ1n) is 9.41. The Morgan fingerprint density at radius 3 is 2.45 bits per heavy atom. The zero-order valence-electron chi connectivity index (χ0n) is 16.1. The van der Waals surface area contributed by atoms with Crippen LogP contribution in [0.25, 0.3) is 0 Å². The van der Waals surface area contributed by atoms with E-state index < -0.39 is 11.8 Å². The number of ether oxygens (including phenoxy) is 1. The number of halogens is 1. The maximum atomic E-state index is 12.4. The van der Waals surface area contributed by atoms with Crippen molar-refractivity contribution >= 4 is 29.1 Å². The molecule has 3 rings (SSSR count). The van der Waals surface area contributed by atoms with Gasteiger partial charge in [0.25, 0.3) is 0 Å². The molecule has 2 aromatic carbocycles. The molecule has 0 spiro atoms. The summed E-state index contributed by atoms with van der Waals surface area (Å²) in [5.41, 5.74) is 1.38. The molecular formula is C22H22ClN3O3. The fourth-order valence-electron chi connectivity index (χ4n) is 3.79. The Kier molecular flexibility index (Phi) is 6.40. The molecule has 0 radical (unpaired) electrons. The molecule has 0 unspecified atom stereocenters. The van der Waals surface area contributed by atoms with Crippen LogP contribution in [0.2, 0.25) is 5.02 Å². The number of hydrogen-bond acceptors (Lipinski definition) is 4. The second-order valence-electron chi connectivity index (χ2n) is 7.15. The van der Waals surface area contributed by atoms with Crippen LogP contribution in [0.5, 0.6) is 5.75 Å². The number of carbonyl (C=O) groups is 2. The van der Waals surface area contributed by atoms with Crippen molar-refractivity contribution in [2.45, 2.75) is 31.1 Å². The molecule has 0 saturated heterocycles. The highest BCUT2D eigenvalue weighted by molar-refractivity contribution is 6.40. The van der Waals surface area contributed by atoms with Crippen LogP contribution in [-0.2, 0) is 15.0 Å². The first kappa shape index (κ1) is 20.7. The number of rotatable bonds is 5. The minimum Gasteiger partial charge on any atom is -0.497 e. The van der Waals surface area contributed by atoms with Crippen LogP contribution in [0.3, 0.4) is 0 Å². The Morgan fingerprint density at radius 1 is 1.14 bits per heavy atom. The van der Waals surface area contributed by atoms with Crippen LogP contribution in [0, 0.1) is 11.3 Å². The third kappa shape index (κ3) is 4.69. The van der Waals surface area contributed by atoms with Gasteiger partial charge >= 0.3 is 11.8 Å². The molecule has 150 valence electrons. The number of methoxy groups -OCH3 is 1. The van der Waals surface area contributed by atoms with Crippen LogP contribution in [-0.4, -0.2) is 25.5 Å². The average Bonchev–Trinajstić information content (AvgIpc) is 3.22. The van der Waals surface area contributed by atoms with Crippen molar-refractivity contribution in [3.05, 3.63) is 58.6 Å². The van der Waals surface area contributed by atoms with Crippen molar-refractivity contribution in [2.24, 2.45) is 0 Å². The maximum Gasteiger partial charge on any atom is 0.313 e. The van der Waals surface area contributed by atoms with E-state index in [-0.39, 0.29) is 16.7 Å². The molecule has 6 nitrogen and oxygen atoms in total. The van der Waals surface area contributed by atoms with Gasteiger partial charge in [0.1, 0.15) is 11.8 Å². The lowest BCUT2D eigenvalue weighted by Crippen LogP contribution is -2.43. The summed E-state index contributed by atoms with van der Waals surface area (Å²) in [7, 11) is 1.62. The van der Waals surface area contributed by atoms with Gasteiger partial charge in [-0.15, -0.1) is 0 Å². The Bertz CT molecular complexity index is 945. The predicted octanol–water partition coefficient (Wildman–Crippen LogP) is 3.79. The van der Waals surface area contributed by atoms with Gasteiger partial charge in [-0.25, -0.2) is 0 Å². The normalized spacial score (nSPS) is 14.7. The fourth-order valence-corrected chi connectivity index (χ4v) is 3.96. The molecule has 2 aromatic rings. The molecule has 2 amide bonds. The molecule has 1 saturated carbocycles. The van der Waals surface area contributed by atoms with Gasteiger partial charge in [-0.3, -0.25) is 9.59 Å². The molecule has 1 fully saturated rings. The number of benzene rings is 2. The molecule has 0 heterocycles. The highest BCUT2D eigenvalue weighted by atomic mass is 35.5. The monoisotopic (exact) mass is 411 g/mol. The highest BCUT2D eigenvalue weighted by Gasteiger charge is 2.36. The van der Waals surface area contributed by atoms with Crippen LogP contribution in [0.4, 0.5) is 5.69 Å². The van der Waals surface area contributed by atoms with Gasteiger partial charge in [-0.1, -0.05) is 36.6 Å². The SMILES string of the molecule is COc1ccc(C2(CNC(=O)C(=O)Nc3cc(Cl)ccc3C#N)CCCC2)cc1. The lowest BCUT2D eigenvalue weighted by molar-refractivity contribution is -0.136. The van der Waals surface area contributed by atoms with Crippen molar-refractivity contribution in [3.8, 4) is 11.8 Å². The highest BCUT2D eigenvalue weighted by Crippen LogP contribution is 2.41. The number of hydrogen-bond donors (Lipinski definition) is 2. The third-order valence-electron chi connectivity index (χ3n) is 5.41. The number of nitrogens with one attached hydrogen (secondary N) is 2. The molecular weight excluding hydrogens is 390 g/mol. The minimum absolute atomic E-state index is 0.198. The molecule has 0 aromatic heterocycles. The largest absolute Gasteiger partial charge is 0.497 e. The average molecular weight is 412 g/mol. The summed E-state index contributed by atoms with van der Waals surface area (Å²) in [6.07, 6.45) is 4.02. The molecule has 0 bridgehead atoms. The predicted molar refractivity (Wildman–Crippen MR) is 111 cm³/mol. The number of carbonyl (C=O) groups excluding carboxylic acids is 2. The van der Waals surface area contributed by atoms with Crippen LogP contribution < -0.4 is 15.4 Å². The summed E-state index contributed by atoms with van der Waals surface area (Å²) in [4.78, 5) is 24.7. The van der Waals surface area contributed by atoms with Crippen molar-refractivity contribution in [1.82, 2.24) is 5.32 Å². The molecule has 0 atom stereocenters. The number of anilines is 1. The van der Waals surface area contributed by atoms with E-state index in [0.717, 1.165) is 37.0 Å². The Hall–Kier alpha value is -3.04. The Balaban J connectivity index is 1.68. The summed E-state index contributed by atoms with van der Waals surface area (Å²) < 4.78 is 5.22. The van der Waals surface area contributed by atoms with Crippen LogP contribution in [0.1, 0.15) is 36.8 Å². The first-order chi connectivity index (χ1) is 14.0. The first-order valence-corrected chi connectivity index (χ1v) is 9.78. The summed E-state index contributed by atoms with van der Waals surface area (Å²) in [6.45, 7) is 0.367. The van der Waals surface area contributed by atoms with E-state index in [1.165, 1.54) is 12.1 Å². The lowest BCUT2D eigenvalue weighted by atomic mass is 9.78. The van der Waals surface area contributed by atoms with Gasteiger partial charge in [0.2, 0.25) is 0 Å². The van der Waals surface area contributed by atoms with Crippen molar-refractivity contribution < 1.29 is 14.3 Å². The molecule has 0 aliphatic heterocycles. The summed E-state index contributed by atoms with van der Waals surface area (Å²) >= 11 is 5.92. The van der Waals surface area contributed by atoms with E-state index in [2.05, 4.69) is 10.6 Å². The van der Waals surface area contributed by atoms with Crippen molar-refractivity contribution in [3.63, 3.8) is 0 Å². The van der Waals surface area contributed by atoms with Gasteiger partial charge in [-0.2, -0.15) is 5.26 Å². The van der Waals surface area contributed by atoms with Crippen molar-refractivity contribution in [1.29, 1.82) is 5.26 Å². The van der Waals surface area contributed by atoms with Gasteiger partial charge in [0.05, 0.1) is 18.4 Å². The number of nitriles is 1. The van der Waals surface area contributed by atoms with Gasteiger partial charge < -0.3 is 15.4 Å². The van der Waals surface area contributed by atoms with E-state index in [9.17, 15) is 9.59 Å². The quantitative estimate of drug-likeness (QED) is 0.732. The smallest absolute Gasteiger partial charge is 0.313 e. The van der Waals surface area contributed by atoms with Crippen LogP contribution in [0.15, 0.2) is 42.5 Å². The minimum atomic E-state index is -0.827. The van der Waals surface area contributed by atoms with Crippen molar-refractivity contribution in [2.75, 3.05) is 19.0 Å². The van der Waals surface area contributed by atoms with E-state index >= 15 is 0 Å². The van der Waals surface area contributed by atoms with Gasteiger partial charge in [0, 0.05) is 17.0 Å². The summed E-state index contributed by atoms with van der Waals surface area (Å²) in [5, 5.41) is 14.8. The molecule has 1 aliphatic rings.